The quantitative estimate of drug-likeness (QED) is 0.691. The third-order valence-corrected chi connectivity index (χ3v) is 2.73. The molecule has 3 aromatic rings. The smallest absolute Gasteiger partial charge is 0.335 e. The van der Waals surface area contributed by atoms with E-state index in [9.17, 15) is 9.18 Å². The van der Waals surface area contributed by atoms with Gasteiger partial charge in [0.25, 0.3) is 0 Å². The number of H-pyrrole nitrogens is 1. The van der Waals surface area contributed by atoms with Crippen molar-refractivity contribution in [1.29, 1.82) is 0 Å². The van der Waals surface area contributed by atoms with Crippen LogP contribution in [0.1, 0.15) is 10.4 Å². The van der Waals surface area contributed by atoms with Crippen molar-refractivity contribution in [1.82, 2.24) is 15.0 Å². The predicted molar refractivity (Wildman–Crippen MR) is 66.2 cm³/mol. The lowest BCUT2D eigenvalue weighted by molar-refractivity contribution is 0.0697. The van der Waals surface area contributed by atoms with Crippen LogP contribution in [0.2, 0.25) is 0 Å². The number of hydrogen-bond donors (Lipinski definition) is 2. The minimum atomic E-state index is -1.01. The molecule has 0 aliphatic carbocycles. The highest BCUT2D eigenvalue weighted by atomic mass is 19.1. The first kappa shape index (κ1) is 11.3. The van der Waals surface area contributed by atoms with E-state index in [0.29, 0.717) is 22.4 Å². The summed E-state index contributed by atoms with van der Waals surface area (Å²) in [7, 11) is 0. The molecular weight excluding hydrogens is 249 g/mol. The van der Waals surface area contributed by atoms with E-state index in [2.05, 4.69) is 15.0 Å². The number of carbonyl (C=O) groups is 1. The van der Waals surface area contributed by atoms with E-state index < -0.39 is 11.9 Å². The number of aromatic nitrogens is 3. The molecule has 2 heterocycles. The van der Waals surface area contributed by atoms with Crippen molar-refractivity contribution in [2.24, 2.45) is 0 Å². The molecule has 0 atom stereocenters. The van der Waals surface area contributed by atoms with Crippen molar-refractivity contribution in [3.05, 3.63) is 48.0 Å². The standard InChI is InChI=1S/C13H8FN3O2/c14-11-6-7(3-4-15-11)12-16-9-2-1-8(13(18)19)5-10(9)17-12/h1-6H,(H,16,17)(H,18,19). The third-order valence-electron chi connectivity index (χ3n) is 2.73. The van der Waals surface area contributed by atoms with Gasteiger partial charge in [0, 0.05) is 17.8 Å². The number of imidazole rings is 1. The summed E-state index contributed by atoms with van der Waals surface area (Å²) in [6.07, 6.45) is 1.35. The van der Waals surface area contributed by atoms with E-state index in [4.69, 9.17) is 5.11 Å². The number of aromatic amines is 1. The minimum Gasteiger partial charge on any atom is -0.478 e. The number of rotatable bonds is 2. The summed E-state index contributed by atoms with van der Waals surface area (Å²) < 4.78 is 13.0. The number of carboxylic acids is 1. The Morgan fingerprint density at radius 2 is 2.11 bits per heavy atom. The molecule has 5 nitrogen and oxygen atoms in total. The molecule has 2 aromatic heterocycles. The summed E-state index contributed by atoms with van der Waals surface area (Å²) in [5.41, 5.74) is 1.93. The van der Waals surface area contributed by atoms with Crippen LogP contribution in [-0.4, -0.2) is 26.0 Å². The zero-order valence-electron chi connectivity index (χ0n) is 9.59. The van der Waals surface area contributed by atoms with Gasteiger partial charge in [0.1, 0.15) is 5.82 Å². The van der Waals surface area contributed by atoms with Crippen molar-refractivity contribution < 1.29 is 14.3 Å². The van der Waals surface area contributed by atoms with Gasteiger partial charge < -0.3 is 10.1 Å². The maximum absolute atomic E-state index is 13.0. The van der Waals surface area contributed by atoms with E-state index in [0.717, 1.165) is 0 Å². The van der Waals surface area contributed by atoms with E-state index >= 15 is 0 Å². The Labute approximate surface area is 106 Å². The molecule has 0 radical (unpaired) electrons. The van der Waals surface area contributed by atoms with Gasteiger partial charge in [-0.15, -0.1) is 0 Å². The zero-order chi connectivity index (χ0) is 13.4. The number of carboxylic acid groups (broad SMARTS) is 1. The third kappa shape index (κ3) is 2.03. The van der Waals surface area contributed by atoms with Crippen LogP contribution in [0.25, 0.3) is 22.4 Å². The predicted octanol–water partition coefficient (Wildman–Crippen LogP) is 2.46. The average molecular weight is 257 g/mol. The number of nitrogens with zero attached hydrogens (tertiary/aromatic N) is 2. The topological polar surface area (TPSA) is 78.9 Å². The van der Waals surface area contributed by atoms with E-state index in [1.807, 2.05) is 0 Å². The second-order valence-electron chi connectivity index (χ2n) is 3.99. The van der Waals surface area contributed by atoms with Crippen LogP contribution in [0.15, 0.2) is 36.5 Å². The van der Waals surface area contributed by atoms with Crippen LogP contribution in [-0.2, 0) is 0 Å². The molecule has 94 valence electrons. The number of benzene rings is 1. The lowest BCUT2D eigenvalue weighted by Crippen LogP contribution is -1.94. The van der Waals surface area contributed by atoms with Crippen molar-refractivity contribution in [3.8, 4) is 11.4 Å². The summed E-state index contributed by atoms with van der Waals surface area (Å²) in [6, 6.07) is 7.47. The Morgan fingerprint density at radius 3 is 2.84 bits per heavy atom. The largest absolute Gasteiger partial charge is 0.478 e. The number of hydrogen-bond acceptors (Lipinski definition) is 3. The van der Waals surface area contributed by atoms with Crippen molar-refractivity contribution in [2.45, 2.75) is 0 Å². The van der Waals surface area contributed by atoms with Crippen molar-refractivity contribution >= 4 is 17.0 Å². The van der Waals surface area contributed by atoms with Crippen LogP contribution in [0.5, 0.6) is 0 Å². The van der Waals surface area contributed by atoms with Gasteiger partial charge in [-0.05, 0) is 24.3 Å². The van der Waals surface area contributed by atoms with Crippen LogP contribution < -0.4 is 0 Å². The van der Waals surface area contributed by atoms with Crippen molar-refractivity contribution in [3.63, 3.8) is 0 Å². The second-order valence-corrected chi connectivity index (χ2v) is 3.99. The van der Waals surface area contributed by atoms with E-state index in [1.165, 1.54) is 24.4 Å². The number of fused-ring (bicyclic) bond motifs is 1. The number of halogens is 1. The van der Waals surface area contributed by atoms with E-state index in [1.54, 1.807) is 12.1 Å². The molecule has 0 unspecified atom stereocenters. The Morgan fingerprint density at radius 1 is 1.26 bits per heavy atom. The Bertz CT molecular complexity index is 782. The molecule has 0 saturated heterocycles. The van der Waals surface area contributed by atoms with Gasteiger partial charge in [0.2, 0.25) is 5.95 Å². The van der Waals surface area contributed by atoms with Crippen LogP contribution in [0.3, 0.4) is 0 Å². The summed E-state index contributed by atoms with van der Waals surface area (Å²) in [5, 5.41) is 8.91. The van der Waals surface area contributed by atoms with Gasteiger partial charge in [0.15, 0.2) is 0 Å². The Hall–Kier alpha value is -2.76. The average Bonchev–Trinajstić information content (AvgIpc) is 2.81. The van der Waals surface area contributed by atoms with Gasteiger partial charge in [-0.2, -0.15) is 4.39 Å². The van der Waals surface area contributed by atoms with E-state index in [-0.39, 0.29) is 5.56 Å². The first-order valence-corrected chi connectivity index (χ1v) is 5.48. The fourth-order valence-corrected chi connectivity index (χ4v) is 1.83. The number of pyridine rings is 1. The molecule has 1 aromatic carbocycles. The normalized spacial score (nSPS) is 10.8. The Kier molecular flexibility index (Phi) is 2.49. The van der Waals surface area contributed by atoms with Gasteiger partial charge in [-0.25, -0.2) is 14.8 Å². The van der Waals surface area contributed by atoms with Crippen molar-refractivity contribution in [2.75, 3.05) is 0 Å². The van der Waals surface area contributed by atoms with Gasteiger partial charge >= 0.3 is 5.97 Å². The molecule has 0 aliphatic heterocycles. The first-order valence-electron chi connectivity index (χ1n) is 5.48. The summed E-state index contributed by atoms with van der Waals surface area (Å²) >= 11 is 0. The monoisotopic (exact) mass is 257 g/mol. The zero-order valence-corrected chi connectivity index (χ0v) is 9.59. The molecular formula is C13H8FN3O2. The molecule has 0 aliphatic rings. The summed E-state index contributed by atoms with van der Waals surface area (Å²) in [6.45, 7) is 0. The van der Waals surface area contributed by atoms with Crippen LogP contribution >= 0.6 is 0 Å². The Balaban J connectivity index is 2.14. The number of nitrogens with one attached hydrogen (secondary N) is 1. The number of aromatic carboxylic acids is 1. The fourth-order valence-electron chi connectivity index (χ4n) is 1.83. The molecule has 0 saturated carbocycles. The van der Waals surface area contributed by atoms with Gasteiger partial charge in [-0.1, -0.05) is 0 Å². The highest BCUT2D eigenvalue weighted by molar-refractivity contribution is 5.92. The van der Waals surface area contributed by atoms with Gasteiger partial charge in [-0.3, -0.25) is 0 Å². The lowest BCUT2D eigenvalue weighted by atomic mass is 10.2. The second kappa shape index (κ2) is 4.16. The fraction of sp³-hybridized carbons (Fsp3) is 0. The van der Waals surface area contributed by atoms with Crippen LogP contribution in [0, 0.1) is 5.95 Å². The molecule has 0 amide bonds. The molecule has 0 bridgehead atoms. The maximum atomic E-state index is 13.0. The first-order chi connectivity index (χ1) is 9.13. The molecule has 2 N–H and O–H groups in total. The highest BCUT2D eigenvalue weighted by Crippen LogP contribution is 2.21. The van der Waals surface area contributed by atoms with Crippen LogP contribution in [0.4, 0.5) is 4.39 Å². The minimum absolute atomic E-state index is 0.159. The molecule has 19 heavy (non-hydrogen) atoms. The molecule has 3 rings (SSSR count). The molecule has 0 fully saturated rings. The molecule has 6 heteroatoms. The van der Waals surface area contributed by atoms with Gasteiger partial charge in [0.05, 0.1) is 16.6 Å². The SMILES string of the molecule is O=C(O)c1ccc2[nH]c(-c3ccnc(F)c3)nc2c1. The summed E-state index contributed by atoms with van der Waals surface area (Å²) in [4.78, 5) is 21.6. The summed E-state index contributed by atoms with van der Waals surface area (Å²) in [5.74, 6) is -1.13. The highest BCUT2D eigenvalue weighted by Gasteiger charge is 2.09. The lowest BCUT2D eigenvalue weighted by Gasteiger charge is -1.94. The maximum Gasteiger partial charge on any atom is 0.335 e. The molecule has 0 spiro atoms.